The zero-order valence-corrected chi connectivity index (χ0v) is 13.2. The van der Waals surface area contributed by atoms with Gasteiger partial charge in [0.1, 0.15) is 6.04 Å². The molecule has 3 N–H and O–H groups in total. The Morgan fingerprint density at radius 3 is 2.53 bits per heavy atom. The molecule has 1 fully saturated rings. The fourth-order valence-electron chi connectivity index (χ4n) is 1.69. The second kappa shape index (κ2) is 7.28. The summed E-state index contributed by atoms with van der Waals surface area (Å²) in [5.74, 6) is 2.30. The molecule has 0 aromatic heterocycles. The van der Waals surface area contributed by atoms with E-state index in [1.54, 1.807) is 20.8 Å². The van der Waals surface area contributed by atoms with Crippen molar-refractivity contribution in [3.05, 3.63) is 0 Å². The smallest absolute Gasteiger partial charge is 0.326 e. The number of nitrogens with one attached hydrogen (secondary N) is 2. The van der Waals surface area contributed by atoms with E-state index in [1.807, 2.05) is 23.5 Å². The normalized spacial score (nSPS) is 21.5. The van der Waals surface area contributed by atoms with Gasteiger partial charge < -0.3 is 15.7 Å². The minimum Gasteiger partial charge on any atom is -0.480 e. The van der Waals surface area contributed by atoms with Gasteiger partial charge in [-0.3, -0.25) is 0 Å². The lowest BCUT2D eigenvalue weighted by Gasteiger charge is -2.28. The van der Waals surface area contributed by atoms with Crippen LogP contribution in [0.5, 0.6) is 0 Å². The average Bonchev–Trinajstić information content (AvgIpc) is 2.33. The van der Waals surface area contributed by atoms with Crippen LogP contribution >= 0.6 is 23.5 Å². The third-order valence-corrected chi connectivity index (χ3v) is 5.61. The lowest BCUT2D eigenvalue weighted by atomic mass is 9.87. The number of rotatable bonds is 4. The SMILES string of the molecule is CC(C)(C)C(NC(=O)NCC1CSCCS1)C(=O)O. The maximum atomic E-state index is 11.7. The predicted molar refractivity (Wildman–Crippen MR) is 81.0 cm³/mol. The predicted octanol–water partition coefficient (Wildman–Crippen LogP) is 1.63. The van der Waals surface area contributed by atoms with E-state index in [0.29, 0.717) is 11.8 Å². The van der Waals surface area contributed by atoms with Gasteiger partial charge in [-0.2, -0.15) is 23.5 Å². The molecule has 0 radical (unpaired) electrons. The number of aliphatic carboxylic acids is 1. The highest BCUT2D eigenvalue weighted by molar-refractivity contribution is 8.06. The van der Waals surface area contributed by atoms with E-state index < -0.39 is 23.5 Å². The minimum absolute atomic E-state index is 0.404. The van der Waals surface area contributed by atoms with Gasteiger partial charge >= 0.3 is 12.0 Å². The molecule has 110 valence electrons. The maximum absolute atomic E-state index is 11.7. The van der Waals surface area contributed by atoms with Gasteiger partial charge in [-0.1, -0.05) is 20.8 Å². The van der Waals surface area contributed by atoms with E-state index in [4.69, 9.17) is 5.11 Å². The van der Waals surface area contributed by atoms with Crippen molar-refractivity contribution in [1.82, 2.24) is 10.6 Å². The second-order valence-electron chi connectivity index (χ2n) is 5.56. The molecule has 0 aliphatic carbocycles. The van der Waals surface area contributed by atoms with Gasteiger partial charge in [-0.25, -0.2) is 9.59 Å². The first kappa shape index (κ1) is 16.5. The maximum Gasteiger partial charge on any atom is 0.326 e. The lowest BCUT2D eigenvalue weighted by Crippen LogP contribution is -2.53. The summed E-state index contributed by atoms with van der Waals surface area (Å²) in [6.45, 7) is 5.96. The summed E-state index contributed by atoms with van der Waals surface area (Å²) in [7, 11) is 0. The molecule has 2 atom stereocenters. The Kier molecular flexibility index (Phi) is 6.32. The Balaban J connectivity index is 2.38. The summed E-state index contributed by atoms with van der Waals surface area (Å²) in [6.07, 6.45) is 0. The summed E-state index contributed by atoms with van der Waals surface area (Å²) < 4.78 is 0. The number of urea groups is 1. The summed E-state index contributed by atoms with van der Waals surface area (Å²) >= 11 is 3.75. The van der Waals surface area contributed by atoms with Crippen molar-refractivity contribution in [2.75, 3.05) is 23.8 Å². The molecule has 0 aromatic carbocycles. The molecular weight excluding hydrogens is 284 g/mol. The highest BCUT2D eigenvalue weighted by atomic mass is 32.2. The quantitative estimate of drug-likeness (QED) is 0.736. The van der Waals surface area contributed by atoms with E-state index in [-0.39, 0.29) is 0 Å². The van der Waals surface area contributed by atoms with Gasteiger partial charge in [0.2, 0.25) is 0 Å². The van der Waals surface area contributed by atoms with Gasteiger partial charge in [-0.05, 0) is 5.41 Å². The van der Waals surface area contributed by atoms with Crippen LogP contribution < -0.4 is 10.6 Å². The highest BCUT2D eigenvalue weighted by Crippen LogP contribution is 2.23. The Labute approximate surface area is 122 Å². The molecular formula is C12H22N2O3S2. The molecule has 0 spiro atoms. The topological polar surface area (TPSA) is 78.4 Å². The molecule has 7 heteroatoms. The summed E-state index contributed by atoms with van der Waals surface area (Å²) in [6, 6.07) is -1.29. The molecule has 1 aliphatic heterocycles. The molecule has 0 bridgehead atoms. The third-order valence-electron chi connectivity index (χ3n) is 2.76. The van der Waals surface area contributed by atoms with Gasteiger partial charge in [0, 0.05) is 29.1 Å². The monoisotopic (exact) mass is 306 g/mol. The number of thioether (sulfide) groups is 2. The first-order chi connectivity index (χ1) is 8.80. The number of hydrogen-bond acceptors (Lipinski definition) is 4. The van der Waals surface area contributed by atoms with E-state index in [0.717, 1.165) is 11.5 Å². The summed E-state index contributed by atoms with van der Waals surface area (Å²) in [5, 5.41) is 14.8. The zero-order valence-electron chi connectivity index (χ0n) is 11.6. The number of hydrogen-bond donors (Lipinski definition) is 3. The third kappa shape index (κ3) is 5.95. The van der Waals surface area contributed by atoms with E-state index in [9.17, 15) is 9.59 Å². The van der Waals surface area contributed by atoms with Crippen LogP contribution in [0.2, 0.25) is 0 Å². The fraction of sp³-hybridized carbons (Fsp3) is 0.833. The van der Waals surface area contributed by atoms with Crippen molar-refractivity contribution >= 4 is 35.5 Å². The van der Waals surface area contributed by atoms with Crippen molar-refractivity contribution in [2.24, 2.45) is 5.41 Å². The number of carbonyl (C=O) groups excluding carboxylic acids is 1. The molecule has 1 aliphatic rings. The van der Waals surface area contributed by atoms with Gasteiger partial charge in [-0.15, -0.1) is 0 Å². The Morgan fingerprint density at radius 1 is 1.37 bits per heavy atom. The lowest BCUT2D eigenvalue weighted by molar-refractivity contribution is -0.141. The summed E-state index contributed by atoms with van der Waals surface area (Å²) in [5.41, 5.74) is -0.515. The largest absolute Gasteiger partial charge is 0.480 e. The summed E-state index contributed by atoms with van der Waals surface area (Å²) in [4.78, 5) is 22.9. The highest BCUT2D eigenvalue weighted by Gasteiger charge is 2.32. The van der Waals surface area contributed by atoms with E-state index >= 15 is 0 Å². The van der Waals surface area contributed by atoms with Gasteiger partial charge in [0.25, 0.3) is 0 Å². The Bertz CT molecular complexity index is 325. The van der Waals surface area contributed by atoms with E-state index in [2.05, 4.69) is 10.6 Å². The standard InChI is InChI=1S/C12H22N2O3S2/c1-12(2,3)9(10(15)16)14-11(17)13-6-8-7-18-4-5-19-8/h8-9H,4-7H2,1-3H3,(H,15,16)(H2,13,14,17). The molecule has 19 heavy (non-hydrogen) atoms. The second-order valence-corrected chi connectivity index (χ2v) is 8.12. The molecule has 1 saturated heterocycles. The van der Waals surface area contributed by atoms with Crippen LogP contribution in [0.3, 0.4) is 0 Å². The molecule has 5 nitrogen and oxygen atoms in total. The van der Waals surface area contributed by atoms with Crippen LogP contribution in [0.15, 0.2) is 0 Å². The Hall–Kier alpha value is -0.560. The average molecular weight is 306 g/mol. The molecule has 0 saturated carbocycles. The van der Waals surface area contributed by atoms with Gasteiger partial charge in [0.05, 0.1) is 0 Å². The van der Waals surface area contributed by atoms with Crippen LogP contribution in [0.1, 0.15) is 20.8 Å². The van der Waals surface area contributed by atoms with Crippen LogP contribution in [-0.2, 0) is 4.79 Å². The van der Waals surface area contributed by atoms with Crippen molar-refractivity contribution in [1.29, 1.82) is 0 Å². The van der Waals surface area contributed by atoms with Crippen LogP contribution in [0.25, 0.3) is 0 Å². The first-order valence-electron chi connectivity index (χ1n) is 6.27. The van der Waals surface area contributed by atoms with Crippen LogP contribution in [0.4, 0.5) is 4.79 Å². The van der Waals surface area contributed by atoms with Crippen LogP contribution in [0, 0.1) is 5.41 Å². The molecule has 0 aromatic rings. The minimum atomic E-state index is -1.01. The van der Waals surface area contributed by atoms with Crippen molar-refractivity contribution in [2.45, 2.75) is 32.1 Å². The van der Waals surface area contributed by atoms with Crippen molar-refractivity contribution in [3.8, 4) is 0 Å². The molecule has 2 amide bonds. The Morgan fingerprint density at radius 2 is 2.05 bits per heavy atom. The van der Waals surface area contributed by atoms with Gasteiger partial charge in [0.15, 0.2) is 0 Å². The number of carboxylic acid groups (broad SMARTS) is 1. The van der Waals surface area contributed by atoms with Crippen molar-refractivity contribution in [3.63, 3.8) is 0 Å². The molecule has 1 heterocycles. The fourth-order valence-corrected chi connectivity index (χ4v) is 4.30. The van der Waals surface area contributed by atoms with E-state index in [1.165, 1.54) is 5.75 Å². The number of amides is 2. The molecule has 1 rings (SSSR count). The van der Waals surface area contributed by atoms with Crippen LogP contribution in [-0.4, -0.2) is 52.2 Å². The first-order valence-corrected chi connectivity index (χ1v) is 8.47. The molecule has 2 unspecified atom stereocenters. The van der Waals surface area contributed by atoms with Crippen molar-refractivity contribution < 1.29 is 14.7 Å². The number of carbonyl (C=O) groups is 2. The zero-order chi connectivity index (χ0) is 14.5. The number of carboxylic acids is 1.